The first-order chi connectivity index (χ1) is 7.70. The van der Waals surface area contributed by atoms with E-state index in [1.165, 1.54) is 5.56 Å². The lowest BCUT2D eigenvalue weighted by Gasteiger charge is -2.09. The van der Waals surface area contributed by atoms with Gasteiger partial charge in [-0.15, -0.1) is 0 Å². The van der Waals surface area contributed by atoms with E-state index in [-0.39, 0.29) is 11.9 Å². The van der Waals surface area contributed by atoms with Gasteiger partial charge in [-0.3, -0.25) is 4.79 Å². The largest absolute Gasteiger partial charge is 0.496 e. The SMILES string of the molecule is COc1ccc(CC2CCOC2=O)cc1C. The molecule has 1 aromatic carbocycles. The number of ether oxygens (including phenoxy) is 2. The Balaban J connectivity index is 2.10. The molecule has 0 N–H and O–H groups in total. The van der Waals surface area contributed by atoms with E-state index in [4.69, 9.17) is 9.47 Å². The third kappa shape index (κ3) is 2.18. The van der Waals surface area contributed by atoms with Gasteiger partial charge in [0.15, 0.2) is 0 Å². The molecule has 86 valence electrons. The van der Waals surface area contributed by atoms with E-state index < -0.39 is 0 Å². The Morgan fingerprint density at radius 2 is 2.31 bits per heavy atom. The summed E-state index contributed by atoms with van der Waals surface area (Å²) in [6.07, 6.45) is 1.60. The number of hydrogen-bond acceptors (Lipinski definition) is 3. The number of esters is 1. The highest BCUT2D eigenvalue weighted by molar-refractivity contribution is 5.74. The van der Waals surface area contributed by atoms with E-state index in [0.717, 1.165) is 24.2 Å². The van der Waals surface area contributed by atoms with E-state index in [0.29, 0.717) is 6.61 Å². The van der Waals surface area contributed by atoms with Crippen LogP contribution in [0.2, 0.25) is 0 Å². The van der Waals surface area contributed by atoms with Crippen molar-refractivity contribution in [3.8, 4) is 5.75 Å². The molecule has 16 heavy (non-hydrogen) atoms. The highest BCUT2D eigenvalue weighted by atomic mass is 16.5. The number of carbonyl (C=O) groups is 1. The van der Waals surface area contributed by atoms with Gasteiger partial charge in [0.25, 0.3) is 0 Å². The van der Waals surface area contributed by atoms with E-state index in [1.807, 2.05) is 19.1 Å². The van der Waals surface area contributed by atoms with Crippen molar-refractivity contribution in [2.24, 2.45) is 5.92 Å². The number of hydrogen-bond donors (Lipinski definition) is 0. The first-order valence-electron chi connectivity index (χ1n) is 5.51. The predicted octanol–water partition coefficient (Wildman–Crippen LogP) is 2.11. The minimum absolute atomic E-state index is 0.0350. The minimum Gasteiger partial charge on any atom is -0.496 e. The lowest BCUT2D eigenvalue weighted by atomic mass is 9.97. The molecule has 2 rings (SSSR count). The monoisotopic (exact) mass is 220 g/mol. The highest BCUT2D eigenvalue weighted by Gasteiger charge is 2.26. The number of benzene rings is 1. The van der Waals surface area contributed by atoms with E-state index in [2.05, 4.69) is 6.07 Å². The van der Waals surface area contributed by atoms with Gasteiger partial charge in [-0.2, -0.15) is 0 Å². The average molecular weight is 220 g/mol. The minimum atomic E-state index is -0.0616. The zero-order chi connectivity index (χ0) is 11.5. The third-order valence-electron chi connectivity index (χ3n) is 2.99. The summed E-state index contributed by atoms with van der Waals surface area (Å²) in [7, 11) is 1.66. The molecule has 0 aromatic heterocycles. The van der Waals surface area contributed by atoms with Crippen LogP contribution in [-0.2, 0) is 16.0 Å². The van der Waals surface area contributed by atoms with Crippen molar-refractivity contribution >= 4 is 5.97 Å². The lowest BCUT2D eigenvalue weighted by molar-refractivity contribution is -0.141. The molecule has 0 saturated carbocycles. The first-order valence-corrected chi connectivity index (χ1v) is 5.51. The van der Waals surface area contributed by atoms with Crippen LogP contribution in [0.3, 0.4) is 0 Å². The van der Waals surface area contributed by atoms with Crippen molar-refractivity contribution in [1.29, 1.82) is 0 Å². The van der Waals surface area contributed by atoms with Gasteiger partial charge in [-0.05, 0) is 37.0 Å². The van der Waals surface area contributed by atoms with Crippen molar-refractivity contribution < 1.29 is 14.3 Å². The number of cyclic esters (lactones) is 1. The van der Waals surface area contributed by atoms with E-state index in [1.54, 1.807) is 7.11 Å². The molecule has 0 spiro atoms. The quantitative estimate of drug-likeness (QED) is 0.732. The fraction of sp³-hybridized carbons (Fsp3) is 0.462. The fourth-order valence-electron chi connectivity index (χ4n) is 2.07. The normalized spacial score (nSPS) is 19.6. The predicted molar refractivity (Wildman–Crippen MR) is 60.5 cm³/mol. The van der Waals surface area contributed by atoms with Crippen molar-refractivity contribution in [3.05, 3.63) is 29.3 Å². The highest BCUT2D eigenvalue weighted by Crippen LogP contribution is 2.23. The maximum atomic E-state index is 11.3. The average Bonchev–Trinajstić information content (AvgIpc) is 2.65. The number of rotatable bonds is 3. The van der Waals surface area contributed by atoms with Crippen molar-refractivity contribution in [3.63, 3.8) is 0 Å². The van der Waals surface area contributed by atoms with Crippen LogP contribution >= 0.6 is 0 Å². The van der Waals surface area contributed by atoms with Gasteiger partial charge in [-0.25, -0.2) is 0 Å². The van der Waals surface area contributed by atoms with Crippen molar-refractivity contribution in [1.82, 2.24) is 0 Å². The Morgan fingerprint density at radius 1 is 1.50 bits per heavy atom. The van der Waals surface area contributed by atoms with Gasteiger partial charge in [0, 0.05) is 0 Å². The number of aryl methyl sites for hydroxylation is 1. The second kappa shape index (κ2) is 4.56. The fourth-order valence-corrected chi connectivity index (χ4v) is 2.07. The van der Waals surface area contributed by atoms with Gasteiger partial charge in [0.05, 0.1) is 19.6 Å². The molecule has 1 aromatic rings. The van der Waals surface area contributed by atoms with Crippen LogP contribution in [0.1, 0.15) is 17.5 Å². The van der Waals surface area contributed by atoms with E-state index in [9.17, 15) is 4.79 Å². The van der Waals surface area contributed by atoms with Crippen LogP contribution in [0.25, 0.3) is 0 Å². The molecule has 0 bridgehead atoms. The second-order valence-electron chi connectivity index (χ2n) is 4.16. The smallest absolute Gasteiger partial charge is 0.309 e. The Kier molecular flexibility index (Phi) is 3.13. The zero-order valence-corrected chi connectivity index (χ0v) is 9.66. The molecule has 1 unspecified atom stereocenters. The van der Waals surface area contributed by atoms with Crippen molar-refractivity contribution in [2.75, 3.05) is 13.7 Å². The van der Waals surface area contributed by atoms with Gasteiger partial charge in [0.1, 0.15) is 5.75 Å². The molecule has 0 radical (unpaired) electrons. The molecule has 0 amide bonds. The maximum Gasteiger partial charge on any atom is 0.309 e. The van der Waals surface area contributed by atoms with Gasteiger partial charge in [0.2, 0.25) is 0 Å². The van der Waals surface area contributed by atoms with Crippen LogP contribution < -0.4 is 4.74 Å². The Bertz CT molecular complexity index is 398. The number of carbonyl (C=O) groups excluding carboxylic acids is 1. The Labute approximate surface area is 95.4 Å². The molecular formula is C13H16O3. The molecule has 1 aliphatic heterocycles. The summed E-state index contributed by atoms with van der Waals surface area (Å²) in [6, 6.07) is 6.03. The summed E-state index contributed by atoms with van der Waals surface area (Å²) in [5.41, 5.74) is 2.27. The summed E-state index contributed by atoms with van der Waals surface area (Å²) in [6.45, 7) is 2.58. The standard InChI is InChI=1S/C13H16O3/c1-9-7-10(3-4-12(9)15-2)8-11-5-6-16-13(11)14/h3-4,7,11H,5-6,8H2,1-2H3. The molecule has 1 atom stereocenters. The topological polar surface area (TPSA) is 35.5 Å². The molecule has 1 fully saturated rings. The van der Waals surface area contributed by atoms with Crippen molar-refractivity contribution in [2.45, 2.75) is 19.8 Å². The molecule has 1 aliphatic rings. The maximum absolute atomic E-state index is 11.3. The van der Waals surface area contributed by atoms with E-state index >= 15 is 0 Å². The Morgan fingerprint density at radius 3 is 2.88 bits per heavy atom. The lowest BCUT2D eigenvalue weighted by Crippen LogP contribution is -2.10. The molecule has 3 heteroatoms. The van der Waals surface area contributed by atoms with Crippen LogP contribution in [0.5, 0.6) is 5.75 Å². The summed E-state index contributed by atoms with van der Waals surface area (Å²) >= 11 is 0. The first kappa shape index (κ1) is 11.0. The molecule has 0 aliphatic carbocycles. The van der Waals surface area contributed by atoms with Crippen LogP contribution in [0, 0.1) is 12.8 Å². The van der Waals surface area contributed by atoms with Gasteiger partial charge < -0.3 is 9.47 Å². The molecule has 1 saturated heterocycles. The number of methoxy groups -OCH3 is 1. The summed E-state index contributed by atoms with van der Waals surface area (Å²) in [5, 5.41) is 0. The third-order valence-corrected chi connectivity index (χ3v) is 2.99. The summed E-state index contributed by atoms with van der Waals surface area (Å²) in [5.74, 6) is 0.860. The Hall–Kier alpha value is -1.51. The van der Waals surface area contributed by atoms with Crippen LogP contribution in [-0.4, -0.2) is 19.7 Å². The zero-order valence-electron chi connectivity index (χ0n) is 9.66. The molecule has 3 nitrogen and oxygen atoms in total. The second-order valence-corrected chi connectivity index (χ2v) is 4.16. The molecule has 1 heterocycles. The van der Waals surface area contributed by atoms with Crippen LogP contribution in [0.4, 0.5) is 0 Å². The van der Waals surface area contributed by atoms with Gasteiger partial charge in [-0.1, -0.05) is 12.1 Å². The summed E-state index contributed by atoms with van der Waals surface area (Å²) in [4.78, 5) is 11.3. The summed E-state index contributed by atoms with van der Waals surface area (Å²) < 4.78 is 10.1. The van der Waals surface area contributed by atoms with Crippen LogP contribution in [0.15, 0.2) is 18.2 Å². The molecular weight excluding hydrogens is 204 g/mol. The van der Waals surface area contributed by atoms with Gasteiger partial charge >= 0.3 is 5.97 Å².